The molecule has 0 radical (unpaired) electrons. The van der Waals surface area contributed by atoms with Crippen LogP contribution in [0.1, 0.15) is 56.6 Å². The molecule has 1 aromatic rings. The Kier molecular flexibility index (Phi) is 7.88. The van der Waals surface area contributed by atoms with Crippen LogP contribution in [0.15, 0.2) is 18.2 Å². The molecule has 0 aliphatic rings. The third-order valence-electron chi connectivity index (χ3n) is 3.88. The fourth-order valence-corrected chi connectivity index (χ4v) is 2.78. The topological polar surface area (TPSA) is 40.5 Å². The van der Waals surface area contributed by atoms with Crippen molar-refractivity contribution < 1.29 is 9.90 Å². The number of para-hydroxylation sites is 1. The molecule has 1 aromatic carbocycles. The highest BCUT2D eigenvalue weighted by Crippen LogP contribution is 2.25. The molecule has 0 spiro atoms. The van der Waals surface area contributed by atoms with Gasteiger partial charge in [-0.3, -0.25) is 4.79 Å². The molecule has 0 saturated heterocycles. The maximum atomic E-state index is 10.9. The normalized spacial score (nSPS) is 10.6. The van der Waals surface area contributed by atoms with Gasteiger partial charge in [-0.2, -0.15) is 0 Å². The number of aryl methyl sites for hydroxylation is 2. The maximum Gasteiger partial charge on any atom is 0.305 e. The molecule has 0 aromatic heterocycles. The van der Waals surface area contributed by atoms with Crippen molar-refractivity contribution in [3.8, 4) is 0 Å². The monoisotopic (exact) mass is 291 g/mol. The zero-order chi connectivity index (χ0) is 15.7. The van der Waals surface area contributed by atoms with Gasteiger partial charge in [0.15, 0.2) is 0 Å². The number of carboxylic acids is 1. The average Bonchev–Trinajstić information content (AvgIpc) is 2.43. The molecule has 3 nitrogen and oxygen atoms in total. The van der Waals surface area contributed by atoms with Crippen molar-refractivity contribution in [3.05, 3.63) is 29.3 Å². The highest BCUT2D eigenvalue weighted by molar-refractivity contribution is 5.68. The highest BCUT2D eigenvalue weighted by atomic mass is 16.4. The van der Waals surface area contributed by atoms with Crippen molar-refractivity contribution in [2.45, 2.75) is 59.3 Å². The Balaban J connectivity index is 2.69. The fourth-order valence-electron chi connectivity index (χ4n) is 2.78. The number of nitrogens with zero attached hydrogens (tertiary/aromatic N) is 1. The average molecular weight is 291 g/mol. The first-order valence-corrected chi connectivity index (χ1v) is 8.09. The summed E-state index contributed by atoms with van der Waals surface area (Å²) in [4.78, 5) is 13.1. The van der Waals surface area contributed by atoms with E-state index in [9.17, 15) is 4.79 Å². The van der Waals surface area contributed by atoms with Crippen molar-refractivity contribution in [3.63, 3.8) is 0 Å². The molecule has 0 saturated carbocycles. The Morgan fingerprint density at radius 2 is 1.67 bits per heavy atom. The number of anilines is 1. The molecule has 1 rings (SSSR count). The second-order valence-corrected chi connectivity index (χ2v) is 5.79. The summed E-state index contributed by atoms with van der Waals surface area (Å²) in [5.41, 5.74) is 3.68. The lowest BCUT2D eigenvalue weighted by Gasteiger charge is -2.28. The summed E-state index contributed by atoms with van der Waals surface area (Å²) in [6, 6.07) is 6.27. The maximum absolute atomic E-state index is 10.9. The van der Waals surface area contributed by atoms with E-state index in [0.717, 1.165) is 13.0 Å². The summed E-state index contributed by atoms with van der Waals surface area (Å²) in [7, 11) is 0. The van der Waals surface area contributed by atoms with Crippen LogP contribution < -0.4 is 4.90 Å². The van der Waals surface area contributed by atoms with Gasteiger partial charge in [0.1, 0.15) is 0 Å². The van der Waals surface area contributed by atoms with Crippen molar-refractivity contribution in [2.75, 3.05) is 18.0 Å². The lowest BCUT2D eigenvalue weighted by atomic mass is 10.1. The van der Waals surface area contributed by atoms with E-state index in [1.807, 2.05) is 0 Å². The van der Waals surface area contributed by atoms with Crippen molar-refractivity contribution >= 4 is 11.7 Å². The van der Waals surface area contributed by atoms with Crippen LogP contribution in [-0.2, 0) is 4.79 Å². The number of carboxylic acid groups (broad SMARTS) is 1. The van der Waals surface area contributed by atoms with Gasteiger partial charge in [-0.1, -0.05) is 50.8 Å². The Morgan fingerprint density at radius 1 is 1.05 bits per heavy atom. The van der Waals surface area contributed by atoms with Gasteiger partial charge in [0.2, 0.25) is 0 Å². The van der Waals surface area contributed by atoms with E-state index >= 15 is 0 Å². The number of unbranched alkanes of at least 4 members (excludes halogenated alkanes) is 4. The molecule has 0 amide bonds. The molecule has 3 heteroatoms. The van der Waals surface area contributed by atoms with E-state index in [0.29, 0.717) is 6.54 Å². The molecule has 0 atom stereocenters. The largest absolute Gasteiger partial charge is 0.481 e. The van der Waals surface area contributed by atoms with Crippen LogP contribution in [0.2, 0.25) is 0 Å². The summed E-state index contributed by atoms with van der Waals surface area (Å²) < 4.78 is 0. The highest BCUT2D eigenvalue weighted by Gasteiger charge is 2.13. The molecule has 1 N–H and O–H groups in total. The summed E-state index contributed by atoms with van der Waals surface area (Å²) in [6.07, 6.45) is 6.37. The second kappa shape index (κ2) is 9.43. The minimum absolute atomic E-state index is 0.197. The van der Waals surface area contributed by atoms with Crippen LogP contribution in [0.5, 0.6) is 0 Å². The predicted molar refractivity (Wildman–Crippen MR) is 89.1 cm³/mol. The number of hydrogen-bond donors (Lipinski definition) is 1. The van der Waals surface area contributed by atoms with Gasteiger partial charge in [-0.25, -0.2) is 0 Å². The van der Waals surface area contributed by atoms with Gasteiger partial charge < -0.3 is 10.0 Å². The summed E-state index contributed by atoms with van der Waals surface area (Å²) in [5.74, 6) is -0.725. The minimum Gasteiger partial charge on any atom is -0.481 e. The van der Waals surface area contributed by atoms with Gasteiger partial charge in [-0.05, 0) is 31.4 Å². The number of hydrogen-bond acceptors (Lipinski definition) is 2. The zero-order valence-electron chi connectivity index (χ0n) is 13.7. The van der Waals surface area contributed by atoms with E-state index < -0.39 is 5.97 Å². The van der Waals surface area contributed by atoms with E-state index in [-0.39, 0.29) is 6.42 Å². The molecular formula is C18H29NO2. The molecule has 0 bridgehead atoms. The molecule has 0 heterocycles. The van der Waals surface area contributed by atoms with Crippen LogP contribution in [0, 0.1) is 13.8 Å². The summed E-state index contributed by atoms with van der Waals surface area (Å²) >= 11 is 0. The van der Waals surface area contributed by atoms with Gasteiger partial charge in [0, 0.05) is 18.8 Å². The van der Waals surface area contributed by atoms with E-state index in [1.165, 1.54) is 42.5 Å². The Bertz CT molecular complexity index is 423. The van der Waals surface area contributed by atoms with Gasteiger partial charge in [0.05, 0.1) is 6.42 Å². The van der Waals surface area contributed by atoms with Crippen molar-refractivity contribution in [2.24, 2.45) is 0 Å². The quantitative estimate of drug-likeness (QED) is 0.643. The molecule has 0 fully saturated rings. The SMILES string of the molecule is CCCCCCCN(CCC(=O)O)c1c(C)cccc1C. The summed E-state index contributed by atoms with van der Waals surface area (Å²) in [6.45, 7) is 7.97. The first-order chi connectivity index (χ1) is 10.1. The number of benzene rings is 1. The third kappa shape index (κ3) is 6.19. The third-order valence-corrected chi connectivity index (χ3v) is 3.88. The number of rotatable bonds is 10. The van der Waals surface area contributed by atoms with Crippen LogP contribution >= 0.6 is 0 Å². The zero-order valence-corrected chi connectivity index (χ0v) is 13.7. The van der Waals surface area contributed by atoms with Crippen LogP contribution in [0.4, 0.5) is 5.69 Å². The number of carbonyl (C=O) groups is 1. The summed E-state index contributed by atoms with van der Waals surface area (Å²) in [5, 5.41) is 8.96. The Morgan fingerprint density at radius 3 is 2.24 bits per heavy atom. The second-order valence-electron chi connectivity index (χ2n) is 5.79. The Hall–Kier alpha value is -1.51. The van der Waals surface area contributed by atoms with Gasteiger partial charge in [0.25, 0.3) is 0 Å². The Labute approximate surface area is 129 Å². The fraction of sp³-hybridized carbons (Fsp3) is 0.611. The van der Waals surface area contributed by atoms with Crippen molar-refractivity contribution in [1.29, 1.82) is 0 Å². The minimum atomic E-state index is -0.725. The molecule has 0 unspecified atom stereocenters. The van der Waals surface area contributed by atoms with Crippen LogP contribution in [0.25, 0.3) is 0 Å². The lowest BCUT2D eigenvalue weighted by Crippen LogP contribution is -2.28. The molecule has 0 aliphatic heterocycles. The smallest absolute Gasteiger partial charge is 0.305 e. The first kappa shape index (κ1) is 17.5. The van der Waals surface area contributed by atoms with Crippen molar-refractivity contribution in [1.82, 2.24) is 0 Å². The number of aliphatic carboxylic acids is 1. The molecule has 118 valence electrons. The van der Waals surface area contributed by atoms with E-state index in [4.69, 9.17) is 5.11 Å². The van der Waals surface area contributed by atoms with Gasteiger partial charge >= 0.3 is 5.97 Å². The lowest BCUT2D eigenvalue weighted by molar-refractivity contribution is -0.136. The van der Waals surface area contributed by atoms with Gasteiger partial charge in [-0.15, -0.1) is 0 Å². The van der Waals surface area contributed by atoms with Crippen LogP contribution in [0.3, 0.4) is 0 Å². The molecule has 21 heavy (non-hydrogen) atoms. The van der Waals surface area contributed by atoms with E-state index in [1.54, 1.807) is 0 Å². The first-order valence-electron chi connectivity index (χ1n) is 8.09. The molecule has 0 aliphatic carbocycles. The predicted octanol–water partition coefficient (Wildman–Crippen LogP) is 4.55. The van der Waals surface area contributed by atoms with E-state index in [2.05, 4.69) is 43.9 Å². The standard InChI is InChI=1S/C18H29NO2/c1-4-5-6-7-8-13-19(14-12-17(20)21)18-15(2)10-9-11-16(18)3/h9-11H,4-8,12-14H2,1-3H3,(H,20,21). The van der Waals surface area contributed by atoms with Crippen LogP contribution in [-0.4, -0.2) is 24.2 Å². The molecular weight excluding hydrogens is 262 g/mol.